The molecule has 0 radical (unpaired) electrons. The first kappa shape index (κ1) is 19.2. The molecule has 1 amide bonds. The van der Waals surface area contributed by atoms with E-state index in [1.165, 1.54) is 0 Å². The highest BCUT2D eigenvalue weighted by Gasteiger charge is 2.04. The van der Waals surface area contributed by atoms with Crippen molar-refractivity contribution in [3.63, 3.8) is 0 Å². The molecular weight excluding hydrogens is 271 g/mol. The lowest BCUT2D eigenvalue weighted by atomic mass is 10.1. The van der Waals surface area contributed by atoms with E-state index in [2.05, 4.69) is 11.9 Å². The molecule has 0 saturated carbocycles. The number of unbranched alkanes of at least 4 members (excludes halogenated alkanes) is 1. The first-order valence-corrected chi connectivity index (χ1v) is 5.40. The maximum absolute atomic E-state index is 11.6. The fourth-order valence-electron chi connectivity index (χ4n) is 1.39. The summed E-state index contributed by atoms with van der Waals surface area (Å²) in [4.78, 5) is 11.6. The summed E-state index contributed by atoms with van der Waals surface area (Å²) in [5, 5.41) is 2.86. The number of amides is 1. The number of nitrogens with two attached hydrogens (primary N) is 1. The number of halogens is 2. The standard InChI is InChI=1S/C13H18N2O.2ClH/c1-3-4-5-6-13(16)15-12-9-11(14)8-7-10(12)2;;/h3,7-9H,1,4-6,14H2,2H3,(H,15,16);2*1H. The van der Waals surface area contributed by atoms with Gasteiger partial charge in [0.05, 0.1) is 0 Å². The Kier molecular flexibility index (Phi) is 10.4. The van der Waals surface area contributed by atoms with Crippen LogP contribution in [-0.4, -0.2) is 5.91 Å². The minimum Gasteiger partial charge on any atom is -0.399 e. The molecule has 0 atom stereocenters. The zero-order valence-corrected chi connectivity index (χ0v) is 12.1. The van der Waals surface area contributed by atoms with E-state index in [1.54, 1.807) is 6.07 Å². The van der Waals surface area contributed by atoms with E-state index in [0.717, 1.165) is 24.1 Å². The molecule has 0 unspecified atom stereocenters. The van der Waals surface area contributed by atoms with Crippen LogP contribution in [-0.2, 0) is 4.79 Å². The highest BCUT2D eigenvalue weighted by molar-refractivity contribution is 5.92. The molecular formula is C13H20Cl2N2O. The Morgan fingerprint density at radius 2 is 2.11 bits per heavy atom. The number of benzene rings is 1. The van der Waals surface area contributed by atoms with Crippen molar-refractivity contribution < 1.29 is 4.79 Å². The predicted octanol–water partition coefficient (Wildman–Crippen LogP) is 3.72. The Morgan fingerprint density at radius 1 is 1.44 bits per heavy atom. The van der Waals surface area contributed by atoms with E-state index >= 15 is 0 Å². The molecule has 1 aromatic carbocycles. The third kappa shape index (κ3) is 6.52. The van der Waals surface area contributed by atoms with E-state index in [-0.39, 0.29) is 30.7 Å². The van der Waals surface area contributed by atoms with Crippen LogP contribution in [0.3, 0.4) is 0 Å². The third-order valence-corrected chi connectivity index (χ3v) is 2.35. The average Bonchev–Trinajstić information content (AvgIpc) is 2.24. The van der Waals surface area contributed by atoms with Crippen molar-refractivity contribution >= 4 is 42.1 Å². The van der Waals surface area contributed by atoms with E-state index in [9.17, 15) is 4.79 Å². The molecule has 0 bridgehead atoms. The number of nitrogen functional groups attached to an aromatic ring is 1. The molecule has 0 aromatic heterocycles. The predicted molar refractivity (Wildman–Crippen MR) is 82.8 cm³/mol. The molecule has 0 fully saturated rings. The fourth-order valence-corrected chi connectivity index (χ4v) is 1.39. The topological polar surface area (TPSA) is 55.1 Å². The van der Waals surface area contributed by atoms with Crippen LogP contribution in [0.4, 0.5) is 11.4 Å². The van der Waals surface area contributed by atoms with Crippen LogP contribution < -0.4 is 11.1 Å². The van der Waals surface area contributed by atoms with Crippen LogP contribution in [0.5, 0.6) is 0 Å². The van der Waals surface area contributed by atoms with E-state index < -0.39 is 0 Å². The summed E-state index contributed by atoms with van der Waals surface area (Å²) in [5.74, 6) is 0.0237. The zero-order chi connectivity index (χ0) is 12.0. The number of anilines is 2. The summed E-state index contributed by atoms with van der Waals surface area (Å²) in [6.07, 6.45) is 4.03. The number of hydrogen-bond donors (Lipinski definition) is 2. The molecule has 1 rings (SSSR count). The monoisotopic (exact) mass is 290 g/mol. The minimum absolute atomic E-state index is 0. The van der Waals surface area contributed by atoms with E-state index in [4.69, 9.17) is 5.73 Å². The molecule has 0 saturated heterocycles. The van der Waals surface area contributed by atoms with Crippen LogP contribution in [0, 0.1) is 6.92 Å². The van der Waals surface area contributed by atoms with Gasteiger partial charge in [-0.05, 0) is 37.5 Å². The largest absolute Gasteiger partial charge is 0.399 e. The van der Waals surface area contributed by atoms with Gasteiger partial charge in [-0.1, -0.05) is 12.1 Å². The summed E-state index contributed by atoms with van der Waals surface area (Å²) < 4.78 is 0. The number of hydrogen-bond acceptors (Lipinski definition) is 2. The summed E-state index contributed by atoms with van der Waals surface area (Å²) in [6, 6.07) is 5.50. The Labute approximate surface area is 121 Å². The van der Waals surface area contributed by atoms with Crippen molar-refractivity contribution in [2.75, 3.05) is 11.1 Å². The molecule has 0 aliphatic heterocycles. The normalized spacial score (nSPS) is 8.72. The van der Waals surface area contributed by atoms with Crippen LogP contribution in [0.15, 0.2) is 30.9 Å². The van der Waals surface area contributed by atoms with E-state index in [0.29, 0.717) is 12.1 Å². The van der Waals surface area contributed by atoms with Gasteiger partial charge in [0.2, 0.25) is 5.91 Å². The Balaban J connectivity index is 0. The summed E-state index contributed by atoms with van der Waals surface area (Å²) >= 11 is 0. The van der Waals surface area contributed by atoms with Crippen molar-refractivity contribution in [1.29, 1.82) is 0 Å². The first-order valence-electron chi connectivity index (χ1n) is 5.40. The third-order valence-electron chi connectivity index (χ3n) is 2.35. The van der Waals surface area contributed by atoms with Crippen molar-refractivity contribution in [3.05, 3.63) is 36.4 Å². The van der Waals surface area contributed by atoms with Gasteiger partial charge >= 0.3 is 0 Å². The molecule has 3 nitrogen and oxygen atoms in total. The van der Waals surface area contributed by atoms with Crippen LogP contribution >= 0.6 is 24.8 Å². The molecule has 0 aliphatic rings. The number of carbonyl (C=O) groups is 1. The summed E-state index contributed by atoms with van der Waals surface area (Å²) in [6.45, 7) is 5.56. The summed E-state index contributed by atoms with van der Waals surface area (Å²) in [5.41, 5.74) is 8.13. The molecule has 5 heteroatoms. The second kappa shape index (κ2) is 9.80. The van der Waals surface area contributed by atoms with Gasteiger partial charge in [-0.3, -0.25) is 4.79 Å². The number of rotatable bonds is 5. The number of aryl methyl sites for hydroxylation is 1. The Hall–Kier alpha value is -1.19. The quantitative estimate of drug-likeness (QED) is 0.493. The van der Waals surface area contributed by atoms with Gasteiger partial charge in [0.25, 0.3) is 0 Å². The molecule has 0 heterocycles. The van der Waals surface area contributed by atoms with Crippen molar-refractivity contribution in [2.24, 2.45) is 0 Å². The van der Waals surface area contributed by atoms with Gasteiger partial charge < -0.3 is 11.1 Å². The number of nitrogens with one attached hydrogen (secondary N) is 1. The van der Waals surface area contributed by atoms with Gasteiger partial charge in [0.1, 0.15) is 0 Å². The van der Waals surface area contributed by atoms with Crippen molar-refractivity contribution in [1.82, 2.24) is 0 Å². The first-order chi connectivity index (χ1) is 7.63. The minimum atomic E-state index is 0. The van der Waals surface area contributed by atoms with Gasteiger partial charge in [0.15, 0.2) is 0 Å². The second-order valence-electron chi connectivity index (χ2n) is 3.80. The molecule has 102 valence electrons. The van der Waals surface area contributed by atoms with Crippen molar-refractivity contribution in [3.8, 4) is 0 Å². The fraction of sp³-hybridized carbons (Fsp3) is 0.308. The van der Waals surface area contributed by atoms with Crippen LogP contribution in [0.25, 0.3) is 0 Å². The average molecular weight is 291 g/mol. The maximum Gasteiger partial charge on any atom is 0.224 e. The molecule has 0 spiro atoms. The highest BCUT2D eigenvalue weighted by atomic mass is 35.5. The lowest BCUT2D eigenvalue weighted by Crippen LogP contribution is -2.12. The Morgan fingerprint density at radius 3 is 2.72 bits per heavy atom. The van der Waals surface area contributed by atoms with Crippen LogP contribution in [0.2, 0.25) is 0 Å². The highest BCUT2D eigenvalue weighted by Crippen LogP contribution is 2.18. The van der Waals surface area contributed by atoms with Gasteiger partial charge in [0, 0.05) is 17.8 Å². The Bertz CT molecular complexity index is 395. The van der Waals surface area contributed by atoms with E-state index in [1.807, 2.05) is 25.1 Å². The SMILES string of the molecule is C=CCCCC(=O)Nc1cc(N)ccc1C.Cl.Cl. The molecule has 1 aromatic rings. The van der Waals surface area contributed by atoms with Gasteiger partial charge in [-0.15, -0.1) is 31.4 Å². The molecule has 0 aliphatic carbocycles. The lowest BCUT2D eigenvalue weighted by molar-refractivity contribution is -0.116. The van der Waals surface area contributed by atoms with Gasteiger partial charge in [-0.25, -0.2) is 0 Å². The van der Waals surface area contributed by atoms with Crippen LogP contribution in [0.1, 0.15) is 24.8 Å². The lowest BCUT2D eigenvalue weighted by Gasteiger charge is -2.08. The number of allylic oxidation sites excluding steroid dienone is 1. The summed E-state index contributed by atoms with van der Waals surface area (Å²) in [7, 11) is 0. The maximum atomic E-state index is 11.6. The zero-order valence-electron chi connectivity index (χ0n) is 10.4. The molecule has 18 heavy (non-hydrogen) atoms. The molecule has 3 N–H and O–H groups in total. The van der Waals surface area contributed by atoms with Crippen molar-refractivity contribution in [2.45, 2.75) is 26.2 Å². The number of carbonyl (C=O) groups excluding carboxylic acids is 1. The second-order valence-corrected chi connectivity index (χ2v) is 3.80. The smallest absolute Gasteiger partial charge is 0.224 e. The van der Waals surface area contributed by atoms with Gasteiger partial charge in [-0.2, -0.15) is 0 Å².